The maximum absolute atomic E-state index is 14.8. The Balaban J connectivity index is 1.52. The lowest BCUT2D eigenvalue weighted by Crippen LogP contribution is -2.58. The van der Waals surface area contributed by atoms with Crippen LogP contribution in [0, 0.1) is 0 Å². The molecule has 0 saturated carbocycles. The SMILES string of the molecule is CC(C)(C)OC(=O)NC(Cc1ccccc1)C(=O)C(N)(CCCN(CCCNC(=O)OCc1ccccc1)C(=O)OCc1ccccc1)CCC(N=C=O)OCc1ccccc1. The van der Waals surface area contributed by atoms with E-state index in [1.54, 1.807) is 26.9 Å². The zero-order valence-electron chi connectivity index (χ0n) is 35.8. The summed E-state index contributed by atoms with van der Waals surface area (Å²) in [6.45, 7) is 6.04. The molecule has 14 nitrogen and oxygen atoms in total. The lowest BCUT2D eigenvalue weighted by Gasteiger charge is -2.34. The summed E-state index contributed by atoms with van der Waals surface area (Å²) in [5.41, 5.74) is 7.99. The second-order valence-electron chi connectivity index (χ2n) is 15.9. The number of aliphatic imine (C=N–C) groups is 1. The highest BCUT2D eigenvalue weighted by Gasteiger charge is 2.40. The van der Waals surface area contributed by atoms with Crippen LogP contribution >= 0.6 is 0 Å². The number of ketones is 1. The highest BCUT2D eigenvalue weighted by Crippen LogP contribution is 2.25. The van der Waals surface area contributed by atoms with Gasteiger partial charge in [-0.1, -0.05) is 121 Å². The Morgan fingerprint density at radius 2 is 1.21 bits per heavy atom. The average molecular weight is 850 g/mol. The second kappa shape index (κ2) is 25.4. The molecule has 0 bridgehead atoms. The fourth-order valence-electron chi connectivity index (χ4n) is 6.54. The highest BCUT2D eigenvalue weighted by atomic mass is 16.6. The monoisotopic (exact) mass is 849 g/mol. The smallest absolute Gasteiger partial charge is 0.410 e. The summed E-state index contributed by atoms with van der Waals surface area (Å²) in [7, 11) is 0. The third-order valence-electron chi connectivity index (χ3n) is 9.70. The molecule has 0 radical (unpaired) electrons. The number of ether oxygens (including phenoxy) is 4. The molecule has 3 amide bonds. The van der Waals surface area contributed by atoms with Gasteiger partial charge in [0.05, 0.1) is 18.2 Å². The van der Waals surface area contributed by atoms with Crippen molar-refractivity contribution in [3.05, 3.63) is 144 Å². The quantitative estimate of drug-likeness (QED) is 0.0272. The molecule has 0 aliphatic heterocycles. The molecule has 0 fully saturated rings. The normalized spacial score (nSPS) is 13.0. The van der Waals surface area contributed by atoms with Crippen molar-refractivity contribution in [1.82, 2.24) is 15.5 Å². The van der Waals surface area contributed by atoms with Gasteiger partial charge in [0.2, 0.25) is 6.08 Å². The number of nitrogens with zero attached hydrogens (tertiary/aromatic N) is 2. The number of nitrogens with one attached hydrogen (secondary N) is 2. The van der Waals surface area contributed by atoms with Crippen LogP contribution in [0.25, 0.3) is 0 Å². The lowest BCUT2D eigenvalue weighted by atomic mass is 9.80. The molecule has 14 heteroatoms. The molecular weight excluding hydrogens is 791 g/mol. The van der Waals surface area contributed by atoms with Crippen LogP contribution in [0.3, 0.4) is 0 Å². The summed E-state index contributed by atoms with van der Waals surface area (Å²) in [5.74, 6) is -0.472. The van der Waals surface area contributed by atoms with Gasteiger partial charge in [-0.3, -0.25) is 4.79 Å². The first-order chi connectivity index (χ1) is 29.8. The summed E-state index contributed by atoms with van der Waals surface area (Å²) in [4.78, 5) is 70.9. The molecule has 0 heterocycles. The minimum Gasteiger partial charge on any atom is -0.445 e. The Bertz CT molecular complexity index is 2010. The number of rotatable bonds is 24. The molecule has 4 aromatic carbocycles. The van der Waals surface area contributed by atoms with E-state index in [0.717, 1.165) is 22.3 Å². The van der Waals surface area contributed by atoms with Gasteiger partial charge >= 0.3 is 18.3 Å². The van der Waals surface area contributed by atoms with Crippen LogP contribution in [-0.4, -0.2) is 78.1 Å². The Hall–Kier alpha value is -6.34. The van der Waals surface area contributed by atoms with Crippen molar-refractivity contribution in [1.29, 1.82) is 0 Å². The number of Topliss-reactive ketones (excluding diaryl/α,β-unsaturated/α-hetero) is 1. The molecule has 0 spiro atoms. The molecule has 3 unspecified atom stereocenters. The van der Waals surface area contributed by atoms with Crippen molar-refractivity contribution in [3.63, 3.8) is 0 Å². The van der Waals surface area contributed by atoms with Gasteiger partial charge in [-0.05, 0) is 81.5 Å². The standard InChI is InChI=1S/C48H59N5O9/c1-47(2,3)62-45(57)52-41(32-37-18-8-4-9-19-37)43(55)48(49,28-26-42(51-36-54)59-33-38-20-10-5-11-21-38)27-16-30-53(46(58)61-35-40-24-14-7-15-25-40)31-17-29-50-44(56)60-34-39-22-12-6-13-23-39/h4-15,18-25,41-42H,16-17,26-35,49H2,1-3H3,(H,50,56)(H,52,57). The molecular formula is C48H59N5O9. The molecule has 330 valence electrons. The van der Waals surface area contributed by atoms with E-state index < -0.39 is 47.5 Å². The number of isocyanates is 1. The van der Waals surface area contributed by atoms with Crippen LogP contribution in [0.2, 0.25) is 0 Å². The molecule has 0 aromatic heterocycles. The number of hydrogen-bond acceptors (Lipinski definition) is 11. The maximum atomic E-state index is 14.8. The summed E-state index contributed by atoms with van der Waals surface area (Å²) in [6.07, 6.45) is -0.474. The number of amides is 3. The van der Waals surface area contributed by atoms with Crippen LogP contribution < -0.4 is 16.4 Å². The summed E-state index contributed by atoms with van der Waals surface area (Å²) < 4.78 is 22.5. The maximum Gasteiger partial charge on any atom is 0.410 e. The van der Waals surface area contributed by atoms with Gasteiger partial charge < -0.3 is 40.2 Å². The van der Waals surface area contributed by atoms with Gasteiger partial charge in [0.25, 0.3) is 0 Å². The van der Waals surface area contributed by atoms with Gasteiger partial charge in [-0.25, -0.2) is 19.2 Å². The van der Waals surface area contributed by atoms with Crippen molar-refractivity contribution in [2.45, 2.75) is 103 Å². The van der Waals surface area contributed by atoms with E-state index >= 15 is 0 Å². The third kappa shape index (κ3) is 18.1. The highest BCUT2D eigenvalue weighted by molar-refractivity contribution is 5.95. The summed E-state index contributed by atoms with van der Waals surface area (Å²) in [5, 5.41) is 5.48. The van der Waals surface area contributed by atoms with Gasteiger partial charge in [0.1, 0.15) is 18.8 Å². The van der Waals surface area contributed by atoms with E-state index in [4.69, 9.17) is 24.7 Å². The van der Waals surface area contributed by atoms with Crippen LogP contribution in [0.4, 0.5) is 14.4 Å². The van der Waals surface area contributed by atoms with Crippen molar-refractivity contribution >= 4 is 30.1 Å². The van der Waals surface area contributed by atoms with E-state index in [2.05, 4.69) is 15.6 Å². The van der Waals surface area contributed by atoms with E-state index in [-0.39, 0.29) is 71.6 Å². The summed E-state index contributed by atoms with van der Waals surface area (Å²) in [6, 6.07) is 36.0. The summed E-state index contributed by atoms with van der Waals surface area (Å²) >= 11 is 0. The predicted octanol–water partition coefficient (Wildman–Crippen LogP) is 7.78. The Morgan fingerprint density at radius 3 is 1.76 bits per heavy atom. The molecule has 4 N–H and O–H groups in total. The number of hydrogen-bond donors (Lipinski definition) is 3. The average Bonchev–Trinajstić information content (AvgIpc) is 3.27. The molecule has 4 aromatic rings. The molecule has 0 aliphatic rings. The van der Waals surface area contributed by atoms with Crippen LogP contribution in [0.1, 0.15) is 75.1 Å². The molecule has 62 heavy (non-hydrogen) atoms. The van der Waals surface area contributed by atoms with E-state index in [1.807, 2.05) is 121 Å². The van der Waals surface area contributed by atoms with Crippen molar-refractivity contribution in [3.8, 4) is 0 Å². The van der Waals surface area contributed by atoms with Crippen molar-refractivity contribution in [2.24, 2.45) is 10.7 Å². The van der Waals surface area contributed by atoms with E-state index in [0.29, 0.717) is 6.42 Å². The van der Waals surface area contributed by atoms with Gasteiger partial charge in [-0.15, -0.1) is 0 Å². The van der Waals surface area contributed by atoms with E-state index in [9.17, 15) is 24.0 Å². The number of carbonyl (C=O) groups is 4. The first-order valence-electron chi connectivity index (χ1n) is 20.8. The first-order valence-corrected chi connectivity index (χ1v) is 20.8. The second-order valence-corrected chi connectivity index (χ2v) is 15.9. The Kier molecular flexibility index (Phi) is 19.8. The molecule has 0 saturated heterocycles. The number of nitrogens with two attached hydrogens (primary N) is 1. The van der Waals surface area contributed by atoms with Crippen LogP contribution in [-0.2, 0) is 54.8 Å². The molecule has 0 aliphatic carbocycles. The van der Waals surface area contributed by atoms with Gasteiger partial charge in [0, 0.05) is 19.6 Å². The number of alkyl carbamates (subject to hydrolysis) is 2. The first kappa shape index (κ1) is 48.3. The fraction of sp³-hybridized carbons (Fsp3) is 0.396. The minimum absolute atomic E-state index is 0.00518. The minimum atomic E-state index is -1.61. The molecule has 3 atom stereocenters. The topological polar surface area (TPSA) is 188 Å². The van der Waals surface area contributed by atoms with Crippen LogP contribution in [0.5, 0.6) is 0 Å². The van der Waals surface area contributed by atoms with Crippen LogP contribution in [0.15, 0.2) is 126 Å². The number of carbonyl (C=O) groups excluding carboxylic acids is 5. The third-order valence-corrected chi connectivity index (χ3v) is 9.70. The zero-order chi connectivity index (χ0) is 44.6. The Morgan fingerprint density at radius 1 is 0.694 bits per heavy atom. The lowest BCUT2D eigenvalue weighted by molar-refractivity contribution is -0.127. The largest absolute Gasteiger partial charge is 0.445 e. The van der Waals surface area contributed by atoms with Gasteiger partial charge in [0.15, 0.2) is 12.0 Å². The van der Waals surface area contributed by atoms with E-state index in [1.165, 1.54) is 4.90 Å². The fourth-order valence-corrected chi connectivity index (χ4v) is 6.54. The molecule has 4 rings (SSSR count). The number of benzene rings is 4. The van der Waals surface area contributed by atoms with Gasteiger partial charge in [-0.2, -0.15) is 4.99 Å². The zero-order valence-corrected chi connectivity index (χ0v) is 35.8. The van der Waals surface area contributed by atoms with Crippen molar-refractivity contribution in [2.75, 3.05) is 19.6 Å². The predicted molar refractivity (Wildman–Crippen MR) is 234 cm³/mol. The Labute approximate surface area is 364 Å². The van der Waals surface area contributed by atoms with Crippen molar-refractivity contribution < 1.29 is 42.9 Å².